The summed E-state index contributed by atoms with van der Waals surface area (Å²) in [4.78, 5) is 28.9. The van der Waals surface area contributed by atoms with Crippen molar-refractivity contribution in [3.05, 3.63) is 29.8 Å². The third-order valence-corrected chi connectivity index (χ3v) is 6.75. The van der Waals surface area contributed by atoms with Crippen molar-refractivity contribution in [1.82, 2.24) is 15.1 Å². The minimum atomic E-state index is -0.585. The van der Waals surface area contributed by atoms with Gasteiger partial charge < -0.3 is 15.0 Å². The number of carbonyl (C=O) groups excluding carboxylic acids is 2. The zero-order valence-corrected chi connectivity index (χ0v) is 16.8. The SMILES string of the molecule is COc1ccccc1CC1CCN(CCN2C(=O)NC3(CCCC3)C2=O)CC1. The highest BCUT2D eigenvalue weighted by Gasteiger charge is 2.52. The normalized spacial score (nSPS) is 22.8. The molecule has 2 saturated heterocycles. The minimum Gasteiger partial charge on any atom is -0.496 e. The van der Waals surface area contributed by atoms with Gasteiger partial charge in [0.15, 0.2) is 0 Å². The number of carbonyl (C=O) groups is 2. The van der Waals surface area contributed by atoms with Crippen LogP contribution in [0.4, 0.5) is 4.79 Å². The fourth-order valence-electron chi connectivity index (χ4n) is 5.03. The van der Waals surface area contributed by atoms with E-state index in [4.69, 9.17) is 4.74 Å². The van der Waals surface area contributed by atoms with Crippen molar-refractivity contribution in [2.45, 2.75) is 50.5 Å². The van der Waals surface area contributed by atoms with Crippen LogP contribution in [0.3, 0.4) is 0 Å². The molecule has 6 nitrogen and oxygen atoms in total. The van der Waals surface area contributed by atoms with E-state index in [0.717, 1.165) is 70.3 Å². The molecule has 28 heavy (non-hydrogen) atoms. The lowest BCUT2D eigenvalue weighted by atomic mass is 9.90. The van der Waals surface area contributed by atoms with Crippen molar-refractivity contribution in [2.24, 2.45) is 5.92 Å². The molecular formula is C22H31N3O3. The lowest BCUT2D eigenvalue weighted by molar-refractivity contribution is -0.131. The van der Waals surface area contributed by atoms with E-state index in [9.17, 15) is 9.59 Å². The molecule has 1 spiro atoms. The summed E-state index contributed by atoms with van der Waals surface area (Å²) in [7, 11) is 1.73. The van der Waals surface area contributed by atoms with Crippen molar-refractivity contribution in [2.75, 3.05) is 33.3 Å². The Bertz CT molecular complexity index is 721. The molecule has 6 heteroatoms. The fraction of sp³-hybridized carbons (Fsp3) is 0.636. The highest BCUT2D eigenvalue weighted by atomic mass is 16.5. The number of rotatable bonds is 6. The van der Waals surface area contributed by atoms with Crippen molar-refractivity contribution in [3.8, 4) is 5.75 Å². The molecule has 4 rings (SSSR count). The number of urea groups is 1. The molecule has 0 radical (unpaired) electrons. The van der Waals surface area contributed by atoms with E-state index >= 15 is 0 Å². The fourth-order valence-corrected chi connectivity index (χ4v) is 5.03. The molecule has 1 aromatic rings. The Morgan fingerprint density at radius 2 is 1.82 bits per heavy atom. The Morgan fingerprint density at radius 1 is 1.11 bits per heavy atom. The summed E-state index contributed by atoms with van der Waals surface area (Å²) in [5, 5.41) is 2.97. The van der Waals surface area contributed by atoms with Gasteiger partial charge in [-0.3, -0.25) is 9.69 Å². The zero-order valence-electron chi connectivity index (χ0n) is 16.8. The number of methoxy groups -OCH3 is 1. The molecule has 0 bridgehead atoms. The number of hydrogen-bond donors (Lipinski definition) is 1. The first kappa shape index (κ1) is 19.2. The van der Waals surface area contributed by atoms with Gasteiger partial charge in [-0.1, -0.05) is 31.0 Å². The number of nitrogens with zero attached hydrogens (tertiary/aromatic N) is 2. The molecule has 0 atom stereocenters. The third-order valence-electron chi connectivity index (χ3n) is 6.75. The van der Waals surface area contributed by atoms with Gasteiger partial charge in [-0.2, -0.15) is 0 Å². The maximum absolute atomic E-state index is 12.7. The topological polar surface area (TPSA) is 61.9 Å². The largest absolute Gasteiger partial charge is 0.496 e. The average Bonchev–Trinajstić information content (AvgIpc) is 3.27. The number of piperidine rings is 1. The maximum Gasteiger partial charge on any atom is 0.325 e. The molecule has 3 fully saturated rings. The first-order chi connectivity index (χ1) is 13.6. The van der Waals surface area contributed by atoms with Gasteiger partial charge in [-0.25, -0.2) is 4.79 Å². The van der Waals surface area contributed by atoms with Crippen molar-refractivity contribution in [1.29, 1.82) is 0 Å². The maximum atomic E-state index is 12.7. The number of imide groups is 1. The molecule has 2 heterocycles. The quantitative estimate of drug-likeness (QED) is 0.765. The predicted molar refractivity (Wildman–Crippen MR) is 107 cm³/mol. The molecule has 1 saturated carbocycles. The van der Waals surface area contributed by atoms with E-state index in [0.29, 0.717) is 12.5 Å². The van der Waals surface area contributed by atoms with Gasteiger partial charge in [0.25, 0.3) is 5.91 Å². The van der Waals surface area contributed by atoms with Crippen LogP contribution in [0, 0.1) is 5.92 Å². The van der Waals surface area contributed by atoms with Crippen LogP contribution in [0.15, 0.2) is 24.3 Å². The van der Waals surface area contributed by atoms with Crippen LogP contribution < -0.4 is 10.1 Å². The average molecular weight is 386 g/mol. The summed E-state index contributed by atoms with van der Waals surface area (Å²) < 4.78 is 5.48. The number of nitrogens with one attached hydrogen (secondary N) is 1. The first-order valence-electron chi connectivity index (χ1n) is 10.6. The van der Waals surface area contributed by atoms with E-state index < -0.39 is 5.54 Å². The molecule has 152 valence electrons. The smallest absolute Gasteiger partial charge is 0.325 e. The minimum absolute atomic E-state index is 0.000980. The third kappa shape index (κ3) is 3.75. The van der Waals surface area contributed by atoms with Crippen LogP contribution in [-0.4, -0.2) is 60.6 Å². The van der Waals surface area contributed by atoms with Gasteiger partial charge in [0, 0.05) is 13.1 Å². The number of amides is 3. The van der Waals surface area contributed by atoms with Gasteiger partial charge in [-0.05, 0) is 62.7 Å². The van der Waals surface area contributed by atoms with E-state index in [1.807, 2.05) is 12.1 Å². The second-order valence-corrected chi connectivity index (χ2v) is 8.48. The molecule has 0 aromatic heterocycles. The van der Waals surface area contributed by atoms with Crippen LogP contribution in [0.1, 0.15) is 44.1 Å². The molecule has 1 aromatic carbocycles. The first-order valence-corrected chi connectivity index (χ1v) is 10.6. The Balaban J connectivity index is 1.25. The van der Waals surface area contributed by atoms with Crippen molar-refractivity contribution < 1.29 is 14.3 Å². The van der Waals surface area contributed by atoms with Crippen LogP contribution in [-0.2, 0) is 11.2 Å². The lowest BCUT2D eigenvalue weighted by Gasteiger charge is -2.33. The summed E-state index contributed by atoms with van der Waals surface area (Å²) in [5.41, 5.74) is 0.698. The highest BCUT2D eigenvalue weighted by Crippen LogP contribution is 2.35. The molecule has 1 aliphatic carbocycles. The summed E-state index contributed by atoms with van der Waals surface area (Å²) in [6, 6.07) is 8.07. The van der Waals surface area contributed by atoms with E-state index in [1.165, 1.54) is 10.5 Å². The number of ether oxygens (including phenoxy) is 1. The van der Waals surface area contributed by atoms with Crippen molar-refractivity contribution >= 4 is 11.9 Å². The van der Waals surface area contributed by atoms with Gasteiger partial charge in [0.2, 0.25) is 0 Å². The predicted octanol–water partition coefficient (Wildman–Crippen LogP) is 2.81. The van der Waals surface area contributed by atoms with Gasteiger partial charge in [-0.15, -0.1) is 0 Å². The number of likely N-dealkylation sites (tertiary alicyclic amines) is 1. The molecule has 3 amide bonds. The molecule has 1 N–H and O–H groups in total. The van der Waals surface area contributed by atoms with Crippen LogP contribution in [0.25, 0.3) is 0 Å². The molecule has 2 aliphatic heterocycles. The van der Waals surface area contributed by atoms with Crippen molar-refractivity contribution in [3.63, 3.8) is 0 Å². The Morgan fingerprint density at radius 3 is 2.54 bits per heavy atom. The monoisotopic (exact) mass is 385 g/mol. The van der Waals surface area contributed by atoms with Gasteiger partial charge in [0.1, 0.15) is 11.3 Å². The number of hydrogen-bond acceptors (Lipinski definition) is 4. The molecular weight excluding hydrogens is 354 g/mol. The van der Waals surface area contributed by atoms with Gasteiger partial charge in [0.05, 0.1) is 7.11 Å². The summed E-state index contributed by atoms with van der Waals surface area (Å²) >= 11 is 0. The molecule has 3 aliphatic rings. The van der Waals surface area contributed by atoms with E-state index in [2.05, 4.69) is 22.3 Å². The molecule has 0 unspecified atom stereocenters. The lowest BCUT2D eigenvalue weighted by Crippen LogP contribution is -2.45. The zero-order chi connectivity index (χ0) is 19.6. The van der Waals surface area contributed by atoms with Crippen LogP contribution in [0.5, 0.6) is 5.75 Å². The van der Waals surface area contributed by atoms with Crippen LogP contribution in [0.2, 0.25) is 0 Å². The second-order valence-electron chi connectivity index (χ2n) is 8.48. The summed E-state index contributed by atoms with van der Waals surface area (Å²) in [5.74, 6) is 1.64. The highest BCUT2D eigenvalue weighted by molar-refractivity contribution is 6.07. The Hall–Kier alpha value is -2.08. The standard InChI is InChI=1S/C22H31N3O3/c1-28-19-7-3-2-6-18(19)16-17-8-12-24(13-9-17)14-15-25-20(26)22(23-21(25)27)10-4-5-11-22/h2-3,6-7,17H,4-5,8-16H2,1H3,(H,23,27). The van der Waals surface area contributed by atoms with Crippen LogP contribution >= 0.6 is 0 Å². The Kier molecular flexibility index (Phi) is 5.58. The van der Waals surface area contributed by atoms with Gasteiger partial charge >= 0.3 is 6.03 Å². The second kappa shape index (κ2) is 8.11. The Labute approximate surface area is 167 Å². The number of para-hydroxylation sites is 1. The number of benzene rings is 1. The summed E-state index contributed by atoms with van der Waals surface area (Å²) in [6.45, 7) is 3.32. The van der Waals surface area contributed by atoms with E-state index in [-0.39, 0.29) is 11.9 Å². The summed E-state index contributed by atoms with van der Waals surface area (Å²) in [6.07, 6.45) is 6.97. The van der Waals surface area contributed by atoms with E-state index in [1.54, 1.807) is 7.11 Å².